The molecule has 6 nitrogen and oxygen atoms in total. The van der Waals surface area contributed by atoms with E-state index in [4.69, 9.17) is 0 Å². The summed E-state index contributed by atoms with van der Waals surface area (Å²) in [5, 5.41) is 18.7. The summed E-state index contributed by atoms with van der Waals surface area (Å²) < 4.78 is 40.5. The van der Waals surface area contributed by atoms with Gasteiger partial charge in [-0.15, -0.1) is 11.8 Å². The fourth-order valence-corrected chi connectivity index (χ4v) is 3.56. The number of imidazole rings is 1. The van der Waals surface area contributed by atoms with Crippen LogP contribution in [0, 0.1) is 22.7 Å². The Hall–Kier alpha value is -3.11. The van der Waals surface area contributed by atoms with Crippen LogP contribution in [0.4, 0.5) is 13.2 Å². The smallest absolute Gasteiger partial charge is 0.325 e. The van der Waals surface area contributed by atoms with E-state index in [-0.39, 0.29) is 5.52 Å². The van der Waals surface area contributed by atoms with Crippen LogP contribution in [0.5, 0.6) is 0 Å². The molecule has 0 bridgehead atoms. The van der Waals surface area contributed by atoms with Crippen LogP contribution < -0.4 is 0 Å². The zero-order valence-electron chi connectivity index (χ0n) is 15.7. The van der Waals surface area contributed by atoms with E-state index in [0.717, 1.165) is 12.3 Å². The number of hydrogen-bond acceptors (Lipinski definition) is 6. The lowest BCUT2D eigenvalue weighted by Crippen LogP contribution is -2.17. The topological polar surface area (TPSA) is 91.2 Å². The van der Waals surface area contributed by atoms with Crippen molar-refractivity contribution in [1.82, 2.24) is 19.5 Å². The summed E-state index contributed by atoms with van der Waals surface area (Å²) in [5.74, 6) is 1.07. The van der Waals surface area contributed by atoms with Crippen LogP contribution in [0.3, 0.4) is 0 Å². The van der Waals surface area contributed by atoms with Gasteiger partial charge < -0.3 is 4.57 Å². The Morgan fingerprint density at radius 3 is 2.41 bits per heavy atom. The molecule has 0 atom stereocenters. The van der Waals surface area contributed by atoms with Gasteiger partial charge in [0.05, 0.1) is 29.4 Å². The Labute approximate surface area is 169 Å². The third-order valence-corrected chi connectivity index (χ3v) is 5.36. The lowest BCUT2D eigenvalue weighted by Gasteiger charge is -2.15. The van der Waals surface area contributed by atoms with Gasteiger partial charge in [0.15, 0.2) is 11.2 Å². The van der Waals surface area contributed by atoms with Gasteiger partial charge in [-0.05, 0) is 24.8 Å². The summed E-state index contributed by atoms with van der Waals surface area (Å²) in [6.07, 6.45) is -1.99. The van der Waals surface area contributed by atoms with Gasteiger partial charge in [0.2, 0.25) is 0 Å². The number of rotatable bonds is 4. The molecular formula is C19H15F3N6S. The largest absolute Gasteiger partial charge is 0.433 e. The van der Waals surface area contributed by atoms with Gasteiger partial charge in [-0.3, -0.25) is 4.98 Å². The highest BCUT2D eigenvalue weighted by atomic mass is 32.2. The monoisotopic (exact) mass is 416 g/mol. The van der Waals surface area contributed by atoms with Crippen molar-refractivity contribution < 1.29 is 13.2 Å². The first kappa shape index (κ1) is 20.6. The van der Waals surface area contributed by atoms with Crippen LogP contribution in [-0.4, -0.2) is 25.3 Å². The van der Waals surface area contributed by atoms with Gasteiger partial charge in [-0.2, -0.15) is 23.7 Å². The summed E-state index contributed by atoms with van der Waals surface area (Å²) in [6.45, 7) is 3.44. The number of halogens is 3. The second-order valence-electron chi connectivity index (χ2n) is 6.40. The molecule has 0 N–H and O–H groups in total. The van der Waals surface area contributed by atoms with Crippen molar-refractivity contribution in [3.05, 3.63) is 35.8 Å². The van der Waals surface area contributed by atoms with E-state index in [1.165, 1.54) is 24.9 Å². The van der Waals surface area contributed by atoms with Crippen LogP contribution >= 0.6 is 11.8 Å². The molecule has 0 aliphatic carbocycles. The number of aromatic nitrogens is 4. The molecule has 0 fully saturated rings. The highest BCUT2D eigenvalue weighted by Gasteiger charge is 2.33. The van der Waals surface area contributed by atoms with Crippen LogP contribution in [0.1, 0.15) is 25.1 Å². The molecule has 0 saturated heterocycles. The van der Waals surface area contributed by atoms with Crippen molar-refractivity contribution in [2.24, 2.45) is 7.05 Å². The fraction of sp³-hybridized carbons (Fsp3) is 0.316. The van der Waals surface area contributed by atoms with E-state index in [1.54, 1.807) is 17.7 Å². The number of aryl methyl sites for hydroxylation is 1. The number of pyridine rings is 2. The molecule has 3 aromatic rings. The molecule has 3 rings (SSSR count). The zero-order valence-corrected chi connectivity index (χ0v) is 16.6. The number of nitriles is 2. The Morgan fingerprint density at radius 2 is 1.83 bits per heavy atom. The zero-order chi connectivity index (χ0) is 21.4. The van der Waals surface area contributed by atoms with Gasteiger partial charge >= 0.3 is 6.18 Å². The first-order valence-corrected chi connectivity index (χ1v) is 9.49. The van der Waals surface area contributed by atoms with Crippen LogP contribution in [0.25, 0.3) is 22.6 Å². The SMILES string of the molecule is CCSc1cc(C(C)(C#N)C#N)cnc1-c1nc2cc(C(F)(F)F)ncc2n1C. The number of nitrogens with zero attached hydrogens (tertiary/aromatic N) is 6. The third-order valence-electron chi connectivity index (χ3n) is 4.45. The van der Waals surface area contributed by atoms with Crippen LogP contribution in [-0.2, 0) is 18.6 Å². The Kier molecular flexibility index (Phi) is 5.24. The molecule has 0 unspecified atom stereocenters. The van der Waals surface area contributed by atoms with E-state index in [1.807, 2.05) is 19.1 Å². The first-order valence-electron chi connectivity index (χ1n) is 8.50. The maximum Gasteiger partial charge on any atom is 0.433 e. The normalized spacial score (nSPS) is 12.0. The molecule has 0 aliphatic rings. The molecule has 10 heteroatoms. The maximum absolute atomic E-state index is 13.0. The van der Waals surface area contributed by atoms with E-state index < -0.39 is 17.3 Å². The van der Waals surface area contributed by atoms with E-state index in [9.17, 15) is 23.7 Å². The van der Waals surface area contributed by atoms with Crippen molar-refractivity contribution in [1.29, 1.82) is 10.5 Å². The molecule has 3 aromatic heterocycles. The Balaban J connectivity index is 2.20. The molecule has 0 aromatic carbocycles. The maximum atomic E-state index is 13.0. The molecular weight excluding hydrogens is 401 g/mol. The van der Waals surface area contributed by atoms with Gasteiger partial charge in [0, 0.05) is 23.7 Å². The molecule has 3 heterocycles. The molecule has 0 amide bonds. The summed E-state index contributed by atoms with van der Waals surface area (Å²) in [4.78, 5) is 12.9. The molecule has 0 radical (unpaired) electrons. The van der Waals surface area contributed by atoms with Gasteiger partial charge in [-0.25, -0.2) is 9.97 Å². The Morgan fingerprint density at radius 1 is 1.14 bits per heavy atom. The lowest BCUT2D eigenvalue weighted by molar-refractivity contribution is -0.141. The number of alkyl halides is 3. The minimum Gasteiger partial charge on any atom is -0.325 e. The van der Waals surface area contributed by atoms with Crippen LogP contribution in [0.15, 0.2) is 29.4 Å². The average molecular weight is 416 g/mol. The van der Waals surface area contributed by atoms with E-state index in [2.05, 4.69) is 15.0 Å². The van der Waals surface area contributed by atoms with E-state index >= 15 is 0 Å². The molecule has 148 valence electrons. The van der Waals surface area contributed by atoms with Crippen molar-refractivity contribution in [2.45, 2.75) is 30.3 Å². The second-order valence-corrected chi connectivity index (χ2v) is 7.71. The highest BCUT2D eigenvalue weighted by Crippen LogP contribution is 2.35. The molecule has 0 aliphatic heterocycles. The minimum atomic E-state index is -4.56. The molecule has 0 saturated carbocycles. The molecule has 29 heavy (non-hydrogen) atoms. The summed E-state index contributed by atoms with van der Waals surface area (Å²) in [6, 6.07) is 6.58. The third kappa shape index (κ3) is 3.64. The van der Waals surface area contributed by atoms with Crippen molar-refractivity contribution in [2.75, 3.05) is 5.75 Å². The van der Waals surface area contributed by atoms with Gasteiger partial charge in [-0.1, -0.05) is 6.92 Å². The first-order chi connectivity index (χ1) is 13.6. The average Bonchev–Trinajstić information content (AvgIpc) is 3.03. The lowest BCUT2D eigenvalue weighted by atomic mass is 9.87. The summed E-state index contributed by atoms with van der Waals surface area (Å²) in [7, 11) is 1.67. The van der Waals surface area contributed by atoms with Crippen molar-refractivity contribution in [3.63, 3.8) is 0 Å². The standard InChI is InChI=1S/C19H15F3N6S/c1-4-29-14-5-11(18(2,9-23)10-24)7-26-16(14)17-27-12-6-15(19(20,21)22)25-8-13(12)28(17)3/h5-8H,4H2,1-3H3. The molecule has 0 spiro atoms. The summed E-state index contributed by atoms with van der Waals surface area (Å²) in [5.41, 5.74) is -0.868. The minimum absolute atomic E-state index is 0.155. The number of hydrogen-bond donors (Lipinski definition) is 0. The Bertz CT molecular complexity index is 1160. The van der Waals surface area contributed by atoms with Crippen LogP contribution in [0.2, 0.25) is 0 Å². The van der Waals surface area contributed by atoms with Crippen molar-refractivity contribution in [3.8, 4) is 23.7 Å². The highest BCUT2D eigenvalue weighted by molar-refractivity contribution is 7.99. The number of fused-ring (bicyclic) bond motifs is 1. The predicted molar refractivity (Wildman–Crippen MR) is 102 cm³/mol. The fourth-order valence-electron chi connectivity index (χ4n) is 2.76. The predicted octanol–water partition coefficient (Wildman–Crippen LogP) is 4.47. The number of thioether (sulfide) groups is 1. The van der Waals surface area contributed by atoms with Gasteiger partial charge in [0.25, 0.3) is 0 Å². The van der Waals surface area contributed by atoms with Gasteiger partial charge in [0.1, 0.15) is 11.4 Å². The quantitative estimate of drug-likeness (QED) is 0.583. The van der Waals surface area contributed by atoms with E-state index in [0.29, 0.717) is 33.2 Å². The second kappa shape index (κ2) is 7.37. The van der Waals surface area contributed by atoms with Crippen molar-refractivity contribution >= 4 is 22.8 Å². The summed E-state index contributed by atoms with van der Waals surface area (Å²) >= 11 is 1.44.